The van der Waals surface area contributed by atoms with E-state index in [2.05, 4.69) is 21.2 Å². The van der Waals surface area contributed by atoms with Crippen molar-refractivity contribution in [3.05, 3.63) is 56.6 Å². The molecule has 0 amide bonds. The van der Waals surface area contributed by atoms with E-state index in [0.717, 1.165) is 5.70 Å². The van der Waals surface area contributed by atoms with Gasteiger partial charge in [-0.25, -0.2) is 9.18 Å². The molecule has 3 rings (SSSR count). The molecule has 1 aliphatic heterocycles. The van der Waals surface area contributed by atoms with Crippen LogP contribution in [0.3, 0.4) is 0 Å². The normalized spacial score (nSPS) is 20.5. The zero-order valence-corrected chi connectivity index (χ0v) is 14.3. The van der Waals surface area contributed by atoms with Crippen LogP contribution in [-0.2, 0) is 14.3 Å². The minimum Gasteiger partial charge on any atom is -0.466 e. The summed E-state index contributed by atoms with van der Waals surface area (Å²) < 4.78 is 18.8. The van der Waals surface area contributed by atoms with Crippen molar-refractivity contribution in [2.24, 2.45) is 0 Å². The van der Waals surface area contributed by atoms with E-state index in [-0.39, 0.29) is 5.78 Å². The largest absolute Gasteiger partial charge is 0.466 e. The summed E-state index contributed by atoms with van der Waals surface area (Å²) in [5, 5.41) is 3.15. The summed E-state index contributed by atoms with van der Waals surface area (Å²) in [7, 11) is 1.31. The number of carbonyl (C=O) groups is 2. The Morgan fingerprint density at radius 2 is 2.13 bits per heavy atom. The molecule has 1 heterocycles. The highest BCUT2D eigenvalue weighted by Crippen LogP contribution is 2.43. The number of rotatable bonds is 2. The lowest BCUT2D eigenvalue weighted by Gasteiger charge is -2.29. The first-order valence-electron chi connectivity index (χ1n) is 7.21. The van der Waals surface area contributed by atoms with Crippen molar-refractivity contribution in [1.82, 2.24) is 5.32 Å². The van der Waals surface area contributed by atoms with Crippen LogP contribution in [0.4, 0.5) is 4.39 Å². The molecule has 1 aliphatic carbocycles. The van der Waals surface area contributed by atoms with Crippen LogP contribution in [0.2, 0.25) is 0 Å². The third kappa shape index (κ3) is 2.61. The van der Waals surface area contributed by atoms with Crippen molar-refractivity contribution < 1.29 is 18.7 Å². The molecule has 0 saturated heterocycles. The molecule has 1 N–H and O–H groups in total. The number of hydrogen-bond donors (Lipinski definition) is 1. The average molecular weight is 380 g/mol. The Morgan fingerprint density at radius 1 is 1.39 bits per heavy atom. The molecule has 0 fully saturated rings. The van der Waals surface area contributed by atoms with E-state index in [1.54, 1.807) is 19.1 Å². The molecule has 1 aromatic carbocycles. The molecule has 23 heavy (non-hydrogen) atoms. The number of carbonyl (C=O) groups excluding carboxylic acids is 2. The number of benzene rings is 1. The number of halogens is 2. The first-order chi connectivity index (χ1) is 10.9. The lowest BCUT2D eigenvalue weighted by atomic mass is 9.80. The Kier molecular flexibility index (Phi) is 4.10. The maximum absolute atomic E-state index is 13.6. The van der Waals surface area contributed by atoms with Crippen LogP contribution in [0.15, 0.2) is 45.2 Å². The number of ether oxygens (including phenoxy) is 1. The predicted molar refractivity (Wildman–Crippen MR) is 86.0 cm³/mol. The summed E-state index contributed by atoms with van der Waals surface area (Å²) in [6.07, 6.45) is 1.04. The Bertz CT molecular complexity index is 782. The summed E-state index contributed by atoms with van der Waals surface area (Å²) in [6.45, 7) is 1.78. The van der Waals surface area contributed by atoms with Gasteiger partial charge in [0.2, 0.25) is 0 Å². The molecule has 0 unspecified atom stereocenters. The SMILES string of the molecule is COC(=O)C1=C(C)NC2=C(C(=O)CC2)[C@@H]1c1ccc(F)c(Br)c1. The van der Waals surface area contributed by atoms with Crippen molar-refractivity contribution >= 4 is 27.7 Å². The summed E-state index contributed by atoms with van der Waals surface area (Å²) in [5.74, 6) is -1.42. The molecule has 0 aromatic heterocycles. The average Bonchev–Trinajstić information content (AvgIpc) is 2.89. The molecule has 1 aromatic rings. The molecular weight excluding hydrogens is 365 g/mol. The van der Waals surface area contributed by atoms with Crippen molar-refractivity contribution in [3.63, 3.8) is 0 Å². The monoisotopic (exact) mass is 379 g/mol. The van der Waals surface area contributed by atoms with E-state index >= 15 is 0 Å². The van der Waals surface area contributed by atoms with Gasteiger partial charge >= 0.3 is 5.97 Å². The molecule has 0 radical (unpaired) electrons. The highest BCUT2D eigenvalue weighted by Gasteiger charge is 2.40. The second kappa shape index (κ2) is 5.92. The van der Waals surface area contributed by atoms with Gasteiger partial charge in [-0.2, -0.15) is 0 Å². The van der Waals surface area contributed by atoms with Crippen LogP contribution in [-0.4, -0.2) is 18.9 Å². The van der Waals surface area contributed by atoms with Crippen LogP contribution in [0, 0.1) is 5.82 Å². The van der Waals surface area contributed by atoms with Gasteiger partial charge in [0.1, 0.15) is 5.82 Å². The molecule has 2 aliphatic rings. The minimum absolute atomic E-state index is 0.00634. The van der Waals surface area contributed by atoms with E-state index in [1.165, 1.54) is 13.2 Å². The number of ketones is 1. The van der Waals surface area contributed by atoms with Crippen LogP contribution in [0.1, 0.15) is 31.2 Å². The zero-order valence-electron chi connectivity index (χ0n) is 12.7. The smallest absolute Gasteiger partial charge is 0.336 e. The van der Waals surface area contributed by atoms with Gasteiger partial charge in [-0.05, 0) is 47.0 Å². The topological polar surface area (TPSA) is 55.4 Å². The summed E-state index contributed by atoms with van der Waals surface area (Å²) in [5.41, 5.74) is 3.15. The fourth-order valence-electron chi connectivity index (χ4n) is 3.20. The van der Waals surface area contributed by atoms with E-state index < -0.39 is 17.7 Å². The van der Waals surface area contributed by atoms with Gasteiger partial charge in [-0.1, -0.05) is 6.07 Å². The highest BCUT2D eigenvalue weighted by atomic mass is 79.9. The molecule has 6 heteroatoms. The molecule has 0 saturated carbocycles. The van der Waals surface area contributed by atoms with Gasteiger partial charge in [-0.3, -0.25) is 4.79 Å². The van der Waals surface area contributed by atoms with Crippen molar-refractivity contribution in [3.8, 4) is 0 Å². The Labute approximate surface area is 141 Å². The van der Waals surface area contributed by atoms with Crippen LogP contribution in [0.5, 0.6) is 0 Å². The van der Waals surface area contributed by atoms with Crippen LogP contribution < -0.4 is 5.32 Å². The number of methoxy groups -OCH3 is 1. The fourth-order valence-corrected chi connectivity index (χ4v) is 3.60. The number of dihydropyridines is 1. The maximum atomic E-state index is 13.6. The molecule has 4 nitrogen and oxygen atoms in total. The number of nitrogens with one attached hydrogen (secondary N) is 1. The predicted octanol–water partition coefficient (Wildman–Crippen LogP) is 3.34. The molecule has 1 atom stereocenters. The fraction of sp³-hybridized carbons (Fsp3) is 0.294. The maximum Gasteiger partial charge on any atom is 0.336 e. The quantitative estimate of drug-likeness (QED) is 0.800. The van der Waals surface area contributed by atoms with Crippen LogP contribution in [0.25, 0.3) is 0 Å². The third-order valence-corrected chi connectivity index (χ3v) is 4.84. The second-order valence-electron chi connectivity index (χ2n) is 5.58. The zero-order chi connectivity index (χ0) is 16.7. The number of allylic oxidation sites excluding steroid dienone is 3. The van der Waals surface area contributed by atoms with Gasteiger partial charge in [0.15, 0.2) is 5.78 Å². The number of hydrogen-bond acceptors (Lipinski definition) is 4. The number of Topliss-reactive ketones (excluding diaryl/α,β-unsaturated/α-hetero) is 1. The molecule has 0 spiro atoms. The molecule has 120 valence electrons. The second-order valence-corrected chi connectivity index (χ2v) is 6.43. The number of esters is 1. The van der Waals surface area contributed by atoms with Crippen molar-refractivity contribution in [2.75, 3.05) is 7.11 Å². The van der Waals surface area contributed by atoms with E-state index in [1.807, 2.05) is 0 Å². The lowest BCUT2D eigenvalue weighted by molar-refractivity contribution is -0.136. The first kappa shape index (κ1) is 15.9. The van der Waals surface area contributed by atoms with Gasteiger partial charge < -0.3 is 10.1 Å². The lowest BCUT2D eigenvalue weighted by Crippen LogP contribution is -2.29. The van der Waals surface area contributed by atoms with E-state index in [9.17, 15) is 14.0 Å². The Morgan fingerprint density at radius 3 is 2.78 bits per heavy atom. The summed E-state index contributed by atoms with van der Waals surface area (Å²) >= 11 is 3.17. The van der Waals surface area contributed by atoms with Gasteiger partial charge in [0.05, 0.1) is 17.2 Å². The van der Waals surface area contributed by atoms with Crippen molar-refractivity contribution in [2.45, 2.75) is 25.7 Å². The molecule has 0 bridgehead atoms. The highest BCUT2D eigenvalue weighted by molar-refractivity contribution is 9.10. The Balaban J connectivity index is 2.20. The minimum atomic E-state index is -0.536. The molecular formula is C17H15BrFNO3. The van der Waals surface area contributed by atoms with E-state index in [0.29, 0.717) is 39.7 Å². The van der Waals surface area contributed by atoms with Crippen LogP contribution >= 0.6 is 15.9 Å². The third-order valence-electron chi connectivity index (χ3n) is 4.23. The van der Waals surface area contributed by atoms with E-state index in [4.69, 9.17) is 4.74 Å². The van der Waals surface area contributed by atoms with Gasteiger partial charge in [-0.15, -0.1) is 0 Å². The Hall–Kier alpha value is -1.95. The van der Waals surface area contributed by atoms with Gasteiger partial charge in [0, 0.05) is 29.3 Å². The van der Waals surface area contributed by atoms with Gasteiger partial charge in [0.25, 0.3) is 0 Å². The first-order valence-corrected chi connectivity index (χ1v) is 8.00. The summed E-state index contributed by atoms with van der Waals surface area (Å²) in [6, 6.07) is 4.53. The summed E-state index contributed by atoms with van der Waals surface area (Å²) in [4.78, 5) is 24.6. The van der Waals surface area contributed by atoms with Crippen molar-refractivity contribution in [1.29, 1.82) is 0 Å². The standard InChI is InChI=1S/C17H15BrFNO3/c1-8-14(17(22)23-2)15(9-3-4-11(19)10(18)7-9)16-12(20-8)5-6-13(16)21/h3-4,7,15,20H,5-6H2,1-2H3/t15-/m1/s1.